The summed E-state index contributed by atoms with van der Waals surface area (Å²) in [7, 11) is 0. The molecule has 0 radical (unpaired) electrons. The van der Waals surface area contributed by atoms with Crippen molar-refractivity contribution >= 4 is 23.4 Å². The van der Waals surface area contributed by atoms with Crippen LogP contribution in [0.1, 0.15) is 29.6 Å². The molecule has 0 amide bonds. The fraction of sp³-hybridized carbons (Fsp3) is 0.412. The number of aromatic carboxylic acids is 1. The minimum absolute atomic E-state index is 0.0391. The second-order valence-corrected chi connectivity index (χ2v) is 6.28. The van der Waals surface area contributed by atoms with Crippen molar-refractivity contribution in [1.82, 2.24) is 5.16 Å². The highest BCUT2D eigenvalue weighted by atomic mass is 35.5. The Morgan fingerprint density at radius 3 is 2.83 bits per heavy atom. The highest BCUT2D eigenvalue weighted by Crippen LogP contribution is 2.30. The SMILES string of the molecule is O=C(O)c1c(NCCC2CCCOC2)noc1-c1ccc(Cl)cc1. The van der Waals surface area contributed by atoms with E-state index in [2.05, 4.69) is 10.5 Å². The van der Waals surface area contributed by atoms with Crippen LogP contribution in [0.5, 0.6) is 0 Å². The zero-order valence-corrected chi connectivity index (χ0v) is 13.9. The predicted octanol–water partition coefficient (Wildman–Crippen LogP) is 3.92. The van der Waals surface area contributed by atoms with Crippen LogP contribution in [0.25, 0.3) is 11.3 Å². The summed E-state index contributed by atoms with van der Waals surface area (Å²) in [5, 5.41) is 17.0. The van der Waals surface area contributed by atoms with Crippen molar-refractivity contribution in [2.24, 2.45) is 5.92 Å². The van der Waals surface area contributed by atoms with Crippen LogP contribution in [0, 0.1) is 5.92 Å². The number of hydrogen-bond acceptors (Lipinski definition) is 5. The zero-order chi connectivity index (χ0) is 16.9. The first kappa shape index (κ1) is 16.8. The first-order chi connectivity index (χ1) is 11.6. The Labute approximate surface area is 144 Å². The summed E-state index contributed by atoms with van der Waals surface area (Å²) in [5.74, 6) is -0.0984. The van der Waals surface area contributed by atoms with Crippen LogP contribution < -0.4 is 5.32 Å². The number of hydrogen-bond donors (Lipinski definition) is 2. The van der Waals surface area contributed by atoms with Gasteiger partial charge in [-0.1, -0.05) is 16.8 Å². The molecule has 0 spiro atoms. The molecule has 128 valence electrons. The second kappa shape index (κ2) is 7.68. The highest BCUT2D eigenvalue weighted by molar-refractivity contribution is 6.30. The van der Waals surface area contributed by atoms with Crippen molar-refractivity contribution in [3.63, 3.8) is 0 Å². The van der Waals surface area contributed by atoms with Crippen LogP contribution in [0.4, 0.5) is 5.82 Å². The lowest BCUT2D eigenvalue weighted by molar-refractivity contribution is 0.0530. The standard InChI is InChI=1S/C17H19ClN2O4/c18-13-5-3-12(4-6-13)15-14(17(21)22)16(20-24-15)19-8-7-11-2-1-9-23-10-11/h3-6,11H,1-2,7-10H2,(H,19,20)(H,21,22). The maximum absolute atomic E-state index is 11.6. The molecule has 0 saturated carbocycles. The van der Waals surface area contributed by atoms with Crippen molar-refractivity contribution in [2.75, 3.05) is 25.1 Å². The summed E-state index contributed by atoms with van der Waals surface area (Å²) >= 11 is 5.86. The normalized spacial score (nSPS) is 17.6. The number of rotatable bonds is 6. The van der Waals surface area contributed by atoms with Crippen molar-refractivity contribution in [3.05, 3.63) is 34.9 Å². The van der Waals surface area contributed by atoms with Gasteiger partial charge in [-0.05, 0) is 49.4 Å². The molecule has 1 aliphatic heterocycles. The number of ether oxygens (including phenoxy) is 1. The van der Waals surface area contributed by atoms with E-state index >= 15 is 0 Å². The lowest BCUT2D eigenvalue weighted by Crippen LogP contribution is -2.20. The van der Waals surface area contributed by atoms with Crippen LogP contribution in [0.3, 0.4) is 0 Å². The van der Waals surface area contributed by atoms with E-state index in [1.807, 2.05) is 0 Å². The molecule has 3 rings (SSSR count). The van der Waals surface area contributed by atoms with Gasteiger partial charge in [-0.15, -0.1) is 0 Å². The number of anilines is 1. The van der Waals surface area contributed by atoms with E-state index in [0.29, 0.717) is 23.0 Å². The molecule has 2 aromatic rings. The molecule has 0 bridgehead atoms. The Bertz CT molecular complexity index is 693. The summed E-state index contributed by atoms with van der Waals surface area (Å²) in [6.07, 6.45) is 3.13. The van der Waals surface area contributed by atoms with Crippen molar-refractivity contribution in [1.29, 1.82) is 0 Å². The molecule has 24 heavy (non-hydrogen) atoms. The minimum Gasteiger partial charge on any atom is -0.477 e. The zero-order valence-electron chi connectivity index (χ0n) is 13.1. The number of carbonyl (C=O) groups is 1. The maximum atomic E-state index is 11.6. The molecule has 1 fully saturated rings. The van der Waals surface area contributed by atoms with E-state index in [1.165, 1.54) is 0 Å². The van der Waals surface area contributed by atoms with Gasteiger partial charge in [0.1, 0.15) is 0 Å². The molecule has 1 aromatic carbocycles. The van der Waals surface area contributed by atoms with E-state index in [4.69, 9.17) is 20.9 Å². The van der Waals surface area contributed by atoms with Crippen LogP contribution >= 0.6 is 11.6 Å². The van der Waals surface area contributed by atoms with Gasteiger partial charge < -0.3 is 19.7 Å². The molecular weight excluding hydrogens is 332 g/mol. The number of halogens is 1. The third kappa shape index (κ3) is 3.88. The van der Waals surface area contributed by atoms with E-state index in [0.717, 1.165) is 32.5 Å². The van der Waals surface area contributed by atoms with Gasteiger partial charge in [-0.3, -0.25) is 0 Å². The predicted molar refractivity (Wildman–Crippen MR) is 90.6 cm³/mol. The van der Waals surface area contributed by atoms with Gasteiger partial charge >= 0.3 is 5.97 Å². The summed E-state index contributed by atoms with van der Waals surface area (Å²) in [6, 6.07) is 6.78. The molecule has 7 heteroatoms. The Balaban J connectivity index is 1.71. The number of nitrogens with zero attached hydrogens (tertiary/aromatic N) is 1. The minimum atomic E-state index is -1.08. The van der Waals surface area contributed by atoms with Gasteiger partial charge in [0.2, 0.25) is 0 Å². The number of benzene rings is 1. The van der Waals surface area contributed by atoms with Crippen LogP contribution in [-0.2, 0) is 4.74 Å². The Hall–Kier alpha value is -2.05. The molecule has 1 unspecified atom stereocenters. The topological polar surface area (TPSA) is 84.6 Å². The number of carboxylic acids is 1. The average molecular weight is 351 g/mol. The van der Waals surface area contributed by atoms with Gasteiger partial charge in [0, 0.05) is 30.3 Å². The van der Waals surface area contributed by atoms with E-state index in [1.54, 1.807) is 24.3 Å². The Kier molecular flexibility index (Phi) is 5.37. The van der Waals surface area contributed by atoms with Crippen LogP contribution in [-0.4, -0.2) is 36.0 Å². The van der Waals surface area contributed by atoms with Crippen molar-refractivity contribution in [2.45, 2.75) is 19.3 Å². The quantitative estimate of drug-likeness (QED) is 0.821. The van der Waals surface area contributed by atoms with Crippen LogP contribution in [0.15, 0.2) is 28.8 Å². The van der Waals surface area contributed by atoms with Crippen molar-refractivity contribution < 1.29 is 19.2 Å². The van der Waals surface area contributed by atoms with E-state index in [-0.39, 0.29) is 17.1 Å². The molecule has 2 N–H and O–H groups in total. The lowest BCUT2D eigenvalue weighted by atomic mass is 9.99. The smallest absolute Gasteiger partial charge is 0.343 e. The Morgan fingerprint density at radius 2 is 2.17 bits per heavy atom. The first-order valence-electron chi connectivity index (χ1n) is 7.95. The largest absolute Gasteiger partial charge is 0.477 e. The monoisotopic (exact) mass is 350 g/mol. The maximum Gasteiger partial charge on any atom is 0.343 e. The summed E-state index contributed by atoms with van der Waals surface area (Å²) < 4.78 is 10.7. The molecule has 0 aliphatic carbocycles. The van der Waals surface area contributed by atoms with E-state index < -0.39 is 5.97 Å². The molecular formula is C17H19ClN2O4. The summed E-state index contributed by atoms with van der Waals surface area (Å²) in [5.41, 5.74) is 0.662. The first-order valence-corrected chi connectivity index (χ1v) is 8.33. The van der Waals surface area contributed by atoms with E-state index in [9.17, 15) is 9.90 Å². The molecule has 6 nitrogen and oxygen atoms in total. The van der Waals surface area contributed by atoms with Gasteiger partial charge in [-0.2, -0.15) is 0 Å². The summed E-state index contributed by atoms with van der Waals surface area (Å²) in [4.78, 5) is 11.6. The van der Waals surface area contributed by atoms with Gasteiger partial charge in [-0.25, -0.2) is 4.79 Å². The summed E-state index contributed by atoms with van der Waals surface area (Å²) in [6.45, 7) is 2.23. The number of aromatic nitrogens is 1. The molecule has 2 heterocycles. The molecule has 1 aliphatic rings. The molecule has 1 aromatic heterocycles. The third-order valence-electron chi connectivity index (χ3n) is 4.11. The van der Waals surface area contributed by atoms with Gasteiger partial charge in [0.25, 0.3) is 0 Å². The highest BCUT2D eigenvalue weighted by Gasteiger charge is 2.24. The fourth-order valence-corrected chi connectivity index (χ4v) is 2.96. The second-order valence-electron chi connectivity index (χ2n) is 5.85. The number of carboxylic acid groups (broad SMARTS) is 1. The van der Waals surface area contributed by atoms with Gasteiger partial charge in [0.15, 0.2) is 17.1 Å². The average Bonchev–Trinajstić information content (AvgIpc) is 3.01. The number of nitrogens with one attached hydrogen (secondary N) is 1. The molecule has 1 saturated heterocycles. The lowest BCUT2D eigenvalue weighted by Gasteiger charge is -2.21. The fourth-order valence-electron chi connectivity index (χ4n) is 2.84. The van der Waals surface area contributed by atoms with Crippen LogP contribution in [0.2, 0.25) is 5.02 Å². The van der Waals surface area contributed by atoms with Crippen molar-refractivity contribution in [3.8, 4) is 11.3 Å². The Morgan fingerprint density at radius 1 is 1.38 bits per heavy atom. The third-order valence-corrected chi connectivity index (χ3v) is 4.36. The molecule has 1 atom stereocenters. The van der Waals surface area contributed by atoms with Gasteiger partial charge in [0.05, 0.1) is 0 Å².